The first kappa shape index (κ1) is 9.18. The van der Waals surface area contributed by atoms with Crippen LogP contribution < -0.4 is 5.32 Å². The van der Waals surface area contributed by atoms with Gasteiger partial charge in [0.05, 0.1) is 16.1 Å². The number of nitrogens with zero attached hydrogens (tertiary/aromatic N) is 1. The molecule has 12 heavy (non-hydrogen) atoms. The van der Waals surface area contributed by atoms with Crippen LogP contribution in [0.5, 0.6) is 0 Å². The van der Waals surface area contributed by atoms with Gasteiger partial charge in [-0.1, -0.05) is 23.2 Å². The highest BCUT2D eigenvalue weighted by Crippen LogP contribution is 2.24. The summed E-state index contributed by atoms with van der Waals surface area (Å²) in [5.74, 6) is 0. The van der Waals surface area contributed by atoms with Crippen molar-refractivity contribution < 1.29 is 0 Å². The Hall–Kier alpha value is -0.910. The second-order valence-electron chi connectivity index (χ2n) is 2.14. The quantitative estimate of drug-likeness (QED) is 0.746. The fourth-order valence-electron chi connectivity index (χ4n) is 0.748. The fraction of sp³-hybridized carbons (Fsp3) is 0.125. The van der Waals surface area contributed by atoms with Crippen molar-refractivity contribution in [1.82, 2.24) is 0 Å². The normalized spacial score (nSPS) is 9.08. The average molecular weight is 201 g/mol. The van der Waals surface area contributed by atoms with Gasteiger partial charge >= 0.3 is 0 Å². The van der Waals surface area contributed by atoms with Crippen LogP contribution >= 0.6 is 23.2 Å². The summed E-state index contributed by atoms with van der Waals surface area (Å²) in [5, 5.41) is 12.1. The number of anilines is 1. The largest absolute Gasteiger partial charge is 0.372 e. The number of benzene rings is 1. The molecular formula is C8H6Cl2N2. The van der Waals surface area contributed by atoms with E-state index >= 15 is 0 Å². The number of hydrogen-bond donors (Lipinski definition) is 1. The Morgan fingerprint density at radius 3 is 2.67 bits per heavy atom. The van der Waals surface area contributed by atoms with Gasteiger partial charge in [-0.3, -0.25) is 0 Å². The number of hydrogen-bond acceptors (Lipinski definition) is 2. The lowest BCUT2D eigenvalue weighted by Gasteiger charge is -2.02. The Balaban J connectivity index is 2.77. The molecule has 0 aliphatic heterocycles. The summed E-state index contributed by atoms with van der Waals surface area (Å²) in [5.41, 5.74) is 0.797. The van der Waals surface area contributed by atoms with Crippen molar-refractivity contribution in [3.05, 3.63) is 28.2 Å². The van der Waals surface area contributed by atoms with Crippen LogP contribution in [-0.4, -0.2) is 6.54 Å². The zero-order valence-electron chi connectivity index (χ0n) is 6.14. The summed E-state index contributed by atoms with van der Waals surface area (Å²) >= 11 is 11.4. The molecule has 0 fully saturated rings. The first-order chi connectivity index (χ1) is 5.74. The molecule has 0 bridgehead atoms. The Morgan fingerprint density at radius 1 is 1.33 bits per heavy atom. The summed E-state index contributed by atoms with van der Waals surface area (Å²) in [6.07, 6.45) is 0. The van der Waals surface area contributed by atoms with Gasteiger partial charge in [-0.15, -0.1) is 0 Å². The van der Waals surface area contributed by atoms with Crippen molar-refractivity contribution >= 4 is 28.9 Å². The topological polar surface area (TPSA) is 35.8 Å². The standard InChI is InChI=1S/C8H6Cl2N2/c9-7-2-1-6(5-8(7)10)12-4-3-11/h1-2,5,12H,4H2. The fourth-order valence-corrected chi connectivity index (χ4v) is 1.05. The third-order valence-corrected chi connectivity index (χ3v) is 2.03. The van der Waals surface area contributed by atoms with Crippen molar-refractivity contribution in [2.24, 2.45) is 0 Å². The van der Waals surface area contributed by atoms with Crippen molar-refractivity contribution in [2.75, 3.05) is 11.9 Å². The van der Waals surface area contributed by atoms with Crippen LogP contribution in [-0.2, 0) is 0 Å². The first-order valence-corrected chi connectivity index (χ1v) is 4.05. The van der Waals surface area contributed by atoms with Crippen LogP contribution in [0, 0.1) is 11.3 Å². The van der Waals surface area contributed by atoms with Crippen LogP contribution in [0.4, 0.5) is 5.69 Å². The van der Waals surface area contributed by atoms with E-state index in [1.807, 2.05) is 6.07 Å². The van der Waals surface area contributed by atoms with Gasteiger partial charge in [-0.05, 0) is 18.2 Å². The molecule has 2 nitrogen and oxygen atoms in total. The van der Waals surface area contributed by atoms with Gasteiger partial charge in [-0.2, -0.15) is 5.26 Å². The summed E-state index contributed by atoms with van der Waals surface area (Å²) in [6.45, 7) is 0.262. The SMILES string of the molecule is N#CCNc1ccc(Cl)c(Cl)c1. The van der Waals surface area contributed by atoms with E-state index in [0.29, 0.717) is 10.0 Å². The molecule has 0 radical (unpaired) electrons. The van der Waals surface area contributed by atoms with Crippen LogP contribution in [0.15, 0.2) is 18.2 Å². The Bertz CT molecular complexity index is 317. The molecule has 4 heteroatoms. The maximum atomic E-state index is 8.28. The highest BCUT2D eigenvalue weighted by molar-refractivity contribution is 6.42. The molecule has 0 saturated heterocycles. The molecule has 1 aromatic carbocycles. The molecule has 0 atom stereocenters. The van der Waals surface area contributed by atoms with E-state index in [-0.39, 0.29) is 6.54 Å². The molecule has 0 aliphatic carbocycles. The third-order valence-electron chi connectivity index (χ3n) is 1.29. The van der Waals surface area contributed by atoms with E-state index in [9.17, 15) is 0 Å². The number of halogens is 2. The predicted octanol–water partition coefficient (Wildman–Crippen LogP) is 2.93. The molecule has 0 aliphatic rings. The second-order valence-corrected chi connectivity index (χ2v) is 2.95. The van der Waals surface area contributed by atoms with Crippen molar-refractivity contribution in [3.8, 4) is 6.07 Å². The molecule has 0 aromatic heterocycles. The van der Waals surface area contributed by atoms with Crippen molar-refractivity contribution in [2.45, 2.75) is 0 Å². The Labute approximate surface area is 80.7 Å². The smallest absolute Gasteiger partial charge is 0.103 e. The van der Waals surface area contributed by atoms with Gasteiger partial charge in [0.15, 0.2) is 0 Å². The van der Waals surface area contributed by atoms with Crippen LogP contribution in [0.2, 0.25) is 10.0 Å². The van der Waals surface area contributed by atoms with Crippen LogP contribution in [0.25, 0.3) is 0 Å². The monoisotopic (exact) mass is 200 g/mol. The second kappa shape index (κ2) is 4.20. The first-order valence-electron chi connectivity index (χ1n) is 3.30. The maximum absolute atomic E-state index is 8.28. The molecular weight excluding hydrogens is 195 g/mol. The van der Waals surface area contributed by atoms with Gasteiger partial charge in [0, 0.05) is 5.69 Å². The average Bonchev–Trinajstić information content (AvgIpc) is 2.07. The van der Waals surface area contributed by atoms with Gasteiger partial charge in [0.2, 0.25) is 0 Å². The molecule has 0 spiro atoms. The zero-order valence-corrected chi connectivity index (χ0v) is 7.65. The van der Waals surface area contributed by atoms with Crippen molar-refractivity contribution in [1.29, 1.82) is 5.26 Å². The molecule has 1 rings (SSSR count). The van der Waals surface area contributed by atoms with Crippen molar-refractivity contribution in [3.63, 3.8) is 0 Å². The minimum atomic E-state index is 0.262. The summed E-state index contributed by atoms with van der Waals surface area (Å²) in [7, 11) is 0. The van der Waals surface area contributed by atoms with E-state index in [1.54, 1.807) is 18.2 Å². The van der Waals surface area contributed by atoms with E-state index in [0.717, 1.165) is 5.69 Å². The minimum Gasteiger partial charge on any atom is -0.372 e. The third kappa shape index (κ3) is 2.30. The van der Waals surface area contributed by atoms with E-state index in [1.165, 1.54) is 0 Å². The Morgan fingerprint density at radius 2 is 2.08 bits per heavy atom. The number of rotatable bonds is 2. The maximum Gasteiger partial charge on any atom is 0.103 e. The molecule has 0 amide bonds. The molecule has 62 valence electrons. The molecule has 0 heterocycles. The minimum absolute atomic E-state index is 0.262. The molecule has 0 saturated carbocycles. The summed E-state index contributed by atoms with van der Waals surface area (Å²) < 4.78 is 0. The van der Waals surface area contributed by atoms with Gasteiger partial charge < -0.3 is 5.32 Å². The zero-order chi connectivity index (χ0) is 8.97. The lowest BCUT2D eigenvalue weighted by molar-refractivity contribution is 1.32. The van der Waals surface area contributed by atoms with E-state index < -0.39 is 0 Å². The number of nitriles is 1. The van der Waals surface area contributed by atoms with Gasteiger partial charge in [-0.25, -0.2) is 0 Å². The lowest BCUT2D eigenvalue weighted by atomic mass is 10.3. The summed E-state index contributed by atoms with van der Waals surface area (Å²) in [6, 6.07) is 7.10. The molecule has 0 unspecified atom stereocenters. The van der Waals surface area contributed by atoms with Crippen LogP contribution in [0.3, 0.4) is 0 Å². The molecule has 1 N–H and O–H groups in total. The van der Waals surface area contributed by atoms with Gasteiger partial charge in [0.25, 0.3) is 0 Å². The highest BCUT2D eigenvalue weighted by Gasteiger charge is 1.97. The van der Waals surface area contributed by atoms with E-state index in [2.05, 4.69) is 5.32 Å². The van der Waals surface area contributed by atoms with Crippen LogP contribution in [0.1, 0.15) is 0 Å². The molecule has 1 aromatic rings. The lowest BCUT2D eigenvalue weighted by Crippen LogP contribution is -1.97. The van der Waals surface area contributed by atoms with Gasteiger partial charge in [0.1, 0.15) is 6.54 Å². The van der Waals surface area contributed by atoms with E-state index in [4.69, 9.17) is 28.5 Å². The number of nitrogens with one attached hydrogen (secondary N) is 1. The Kier molecular flexibility index (Phi) is 3.21. The highest BCUT2D eigenvalue weighted by atomic mass is 35.5. The predicted molar refractivity (Wildman–Crippen MR) is 50.6 cm³/mol. The summed E-state index contributed by atoms with van der Waals surface area (Å²) in [4.78, 5) is 0.